The minimum atomic E-state index is 0.725. The smallest absolute Gasteiger partial charge is 0.225 e. The third kappa shape index (κ3) is 3.97. The van der Waals surface area contributed by atoms with Crippen molar-refractivity contribution in [2.75, 3.05) is 23.3 Å². The highest BCUT2D eigenvalue weighted by Crippen LogP contribution is 2.19. The summed E-state index contributed by atoms with van der Waals surface area (Å²) < 4.78 is 0. The Kier molecular flexibility index (Phi) is 4.88. The van der Waals surface area contributed by atoms with Gasteiger partial charge in [-0.25, -0.2) is 4.98 Å². The van der Waals surface area contributed by atoms with Gasteiger partial charge < -0.3 is 10.2 Å². The standard InChI is InChI=1S/C18H24N4/c1-15-13-17(22-11-7-2-3-8-12-22)21-18(20-15)19-14-16-9-5-4-6-10-16/h4-6,9-10,13H,2-3,7-8,11-12,14H2,1H3,(H,19,20,21). The molecular formula is C18H24N4. The van der Waals surface area contributed by atoms with Crippen molar-refractivity contribution in [2.45, 2.75) is 39.2 Å². The minimum absolute atomic E-state index is 0.725. The number of anilines is 2. The molecule has 2 aromatic rings. The van der Waals surface area contributed by atoms with E-state index in [0.717, 1.165) is 37.1 Å². The minimum Gasteiger partial charge on any atom is -0.356 e. The Morgan fingerprint density at radius 3 is 2.45 bits per heavy atom. The van der Waals surface area contributed by atoms with E-state index >= 15 is 0 Å². The van der Waals surface area contributed by atoms with E-state index in [2.05, 4.69) is 45.5 Å². The summed E-state index contributed by atoms with van der Waals surface area (Å²) in [4.78, 5) is 11.6. The van der Waals surface area contributed by atoms with Gasteiger partial charge in [0.1, 0.15) is 5.82 Å². The van der Waals surface area contributed by atoms with Crippen molar-refractivity contribution in [2.24, 2.45) is 0 Å². The summed E-state index contributed by atoms with van der Waals surface area (Å²) >= 11 is 0. The van der Waals surface area contributed by atoms with Crippen LogP contribution in [0.1, 0.15) is 36.9 Å². The quantitative estimate of drug-likeness (QED) is 0.932. The van der Waals surface area contributed by atoms with Gasteiger partial charge in [0.05, 0.1) is 0 Å². The zero-order valence-electron chi connectivity index (χ0n) is 13.3. The summed E-state index contributed by atoms with van der Waals surface area (Å²) in [6.45, 7) is 5.00. The lowest BCUT2D eigenvalue weighted by atomic mass is 10.2. The zero-order chi connectivity index (χ0) is 15.2. The molecule has 3 rings (SSSR count). The van der Waals surface area contributed by atoms with E-state index in [1.165, 1.54) is 31.2 Å². The average Bonchev–Trinajstić information content (AvgIpc) is 2.83. The van der Waals surface area contributed by atoms with E-state index in [1.807, 2.05) is 13.0 Å². The van der Waals surface area contributed by atoms with Gasteiger partial charge in [-0.05, 0) is 25.3 Å². The maximum Gasteiger partial charge on any atom is 0.225 e. The first kappa shape index (κ1) is 14.8. The van der Waals surface area contributed by atoms with Gasteiger partial charge in [0, 0.05) is 31.4 Å². The molecule has 1 aromatic carbocycles. The Labute approximate surface area is 132 Å². The number of aromatic nitrogens is 2. The average molecular weight is 296 g/mol. The molecule has 4 nitrogen and oxygen atoms in total. The normalized spacial score (nSPS) is 15.4. The van der Waals surface area contributed by atoms with Crippen LogP contribution in [0.3, 0.4) is 0 Å². The second kappa shape index (κ2) is 7.25. The van der Waals surface area contributed by atoms with E-state index in [1.54, 1.807) is 0 Å². The lowest BCUT2D eigenvalue weighted by molar-refractivity contribution is 0.726. The molecule has 1 aliphatic rings. The van der Waals surface area contributed by atoms with Gasteiger partial charge in [-0.2, -0.15) is 4.98 Å². The van der Waals surface area contributed by atoms with Gasteiger partial charge in [-0.3, -0.25) is 0 Å². The second-order valence-electron chi connectivity index (χ2n) is 5.93. The molecule has 1 fully saturated rings. The molecule has 0 aliphatic carbocycles. The lowest BCUT2D eigenvalue weighted by Gasteiger charge is -2.22. The molecule has 2 heterocycles. The summed E-state index contributed by atoms with van der Waals surface area (Å²) in [5.41, 5.74) is 2.26. The van der Waals surface area contributed by atoms with Crippen LogP contribution in [-0.2, 0) is 6.54 Å². The van der Waals surface area contributed by atoms with Crippen LogP contribution in [0.5, 0.6) is 0 Å². The Hall–Kier alpha value is -2.10. The highest BCUT2D eigenvalue weighted by atomic mass is 15.2. The van der Waals surface area contributed by atoms with E-state index in [9.17, 15) is 0 Å². The molecule has 1 N–H and O–H groups in total. The Morgan fingerprint density at radius 2 is 1.73 bits per heavy atom. The highest BCUT2D eigenvalue weighted by molar-refractivity contribution is 5.45. The largest absolute Gasteiger partial charge is 0.356 e. The number of nitrogens with zero attached hydrogens (tertiary/aromatic N) is 3. The van der Waals surface area contributed by atoms with Crippen LogP contribution in [0.25, 0.3) is 0 Å². The van der Waals surface area contributed by atoms with Crippen molar-refractivity contribution < 1.29 is 0 Å². The predicted octanol–water partition coefficient (Wildman–Crippen LogP) is 3.78. The van der Waals surface area contributed by atoms with Crippen LogP contribution in [0, 0.1) is 6.92 Å². The number of nitrogens with one attached hydrogen (secondary N) is 1. The Balaban J connectivity index is 1.71. The molecule has 0 atom stereocenters. The molecular weight excluding hydrogens is 272 g/mol. The van der Waals surface area contributed by atoms with Crippen molar-refractivity contribution in [1.82, 2.24) is 9.97 Å². The summed E-state index contributed by atoms with van der Waals surface area (Å²) in [6.07, 6.45) is 5.19. The first-order valence-electron chi connectivity index (χ1n) is 8.20. The molecule has 0 bridgehead atoms. The van der Waals surface area contributed by atoms with E-state index < -0.39 is 0 Å². The summed E-state index contributed by atoms with van der Waals surface area (Å²) in [5.74, 6) is 1.79. The molecule has 1 aromatic heterocycles. The van der Waals surface area contributed by atoms with E-state index in [-0.39, 0.29) is 0 Å². The van der Waals surface area contributed by atoms with Gasteiger partial charge in [0.25, 0.3) is 0 Å². The van der Waals surface area contributed by atoms with Gasteiger partial charge in [-0.15, -0.1) is 0 Å². The second-order valence-corrected chi connectivity index (χ2v) is 5.93. The molecule has 1 saturated heterocycles. The molecule has 0 spiro atoms. The van der Waals surface area contributed by atoms with E-state index in [4.69, 9.17) is 4.98 Å². The molecule has 1 aliphatic heterocycles. The first-order valence-corrected chi connectivity index (χ1v) is 8.20. The van der Waals surface area contributed by atoms with Crippen LogP contribution in [0.15, 0.2) is 36.4 Å². The molecule has 0 amide bonds. The van der Waals surface area contributed by atoms with Crippen LogP contribution >= 0.6 is 0 Å². The molecule has 0 unspecified atom stereocenters. The van der Waals surface area contributed by atoms with Crippen LogP contribution in [0.2, 0.25) is 0 Å². The van der Waals surface area contributed by atoms with Gasteiger partial charge in [0.2, 0.25) is 5.95 Å². The molecule has 0 saturated carbocycles. The van der Waals surface area contributed by atoms with Crippen molar-refractivity contribution in [3.63, 3.8) is 0 Å². The maximum absolute atomic E-state index is 4.72. The summed E-state index contributed by atoms with van der Waals surface area (Å²) in [7, 11) is 0. The fraction of sp³-hybridized carbons (Fsp3) is 0.444. The Morgan fingerprint density at radius 1 is 1.00 bits per heavy atom. The zero-order valence-corrected chi connectivity index (χ0v) is 13.3. The lowest BCUT2D eigenvalue weighted by Crippen LogP contribution is -2.25. The SMILES string of the molecule is Cc1cc(N2CCCCCC2)nc(NCc2ccccc2)n1. The van der Waals surface area contributed by atoms with Crippen molar-refractivity contribution in [3.8, 4) is 0 Å². The number of aryl methyl sites for hydroxylation is 1. The predicted molar refractivity (Wildman–Crippen MR) is 91.2 cm³/mol. The Bertz CT molecular complexity index is 589. The number of rotatable bonds is 4. The molecule has 0 radical (unpaired) electrons. The fourth-order valence-corrected chi connectivity index (χ4v) is 2.87. The first-order chi connectivity index (χ1) is 10.8. The third-order valence-electron chi connectivity index (χ3n) is 4.06. The maximum atomic E-state index is 4.72. The van der Waals surface area contributed by atoms with Gasteiger partial charge in [0.15, 0.2) is 0 Å². The number of hydrogen-bond donors (Lipinski definition) is 1. The van der Waals surface area contributed by atoms with Crippen LogP contribution < -0.4 is 10.2 Å². The van der Waals surface area contributed by atoms with Crippen molar-refractivity contribution >= 4 is 11.8 Å². The van der Waals surface area contributed by atoms with Crippen molar-refractivity contribution in [1.29, 1.82) is 0 Å². The topological polar surface area (TPSA) is 41.1 Å². The van der Waals surface area contributed by atoms with Crippen LogP contribution in [-0.4, -0.2) is 23.1 Å². The number of benzene rings is 1. The van der Waals surface area contributed by atoms with Gasteiger partial charge in [-0.1, -0.05) is 43.2 Å². The monoisotopic (exact) mass is 296 g/mol. The summed E-state index contributed by atoms with van der Waals surface area (Å²) in [5, 5.41) is 3.35. The molecule has 4 heteroatoms. The van der Waals surface area contributed by atoms with Crippen LogP contribution in [0.4, 0.5) is 11.8 Å². The molecule has 22 heavy (non-hydrogen) atoms. The number of hydrogen-bond acceptors (Lipinski definition) is 4. The summed E-state index contributed by atoms with van der Waals surface area (Å²) in [6, 6.07) is 12.5. The van der Waals surface area contributed by atoms with Gasteiger partial charge >= 0.3 is 0 Å². The highest BCUT2D eigenvalue weighted by Gasteiger charge is 2.12. The van der Waals surface area contributed by atoms with E-state index in [0.29, 0.717) is 0 Å². The molecule has 116 valence electrons. The third-order valence-corrected chi connectivity index (χ3v) is 4.06. The van der Waals surface area contributed by atoms with Crippen molar-refractivity contribution in [3.05, 3.63) is 47.7 Å². The fourth-order valence-electron chi connectivity index (χ4n) is 2.87.